The lowest BCUT2D eigenvalue weighted by atomic mass is 9.81. The Morgan fingerprint density at radius 1 is 0.824 bits per heavy atom. The standard InChI is InChI=1S/C10H9F6N/c1-8(9(11,12)13,10(14,15)16)6-2-4-7(17)5-3-6/h2-5H,17H2,1H3. The van der Waals surface area contributed by atoms with Crippen molar-refractivity contribution < 1.29 is 26.3 Å². The van der Waals surface area contributed by atoms with Crippen LogP contribution < -0.4 is 5.73 Å². The van der Waals surface area contributed by atoms with E-state index < -0.39 is 23.3 Å². The maximum Gasteiger partial charge on any atom is 0.406 e. The van der Waals surface area contributed by atoms with Crippen LogP contribution in [0.25, 0.3) is 0 Å². The Bertz CT molecular complexity index is 375. The van der Waals surface area contributed by atoms with E-state index in [1.54, 1.807) is 0 Å². The molecule has 0 atom stereocenters. The van der Waals surface area contributed by atoms with E-state index in [0.29, 0.717) is 0 Å². The molecule has 0 unspecified atom stereocenters. The molecule has 0 bridgehead atoms. The average Bonchev–Trinajstić information content (AvgIpc) is 2.14. The van der Waals surface area contributed by atoms with Crippen LogP contribution in [0.15, 0.2) is 24.3 Å². The van der Waals surface area contributed by atoms with Gasteiger partial charge in [0.2, 0.25) is 0 Å². The second kappa shape index (κ2) is 3.82. The van der Waals surface area contributed by atoms with E-state index in [1.807, 2.05) is 0 Å². The lowest BCUT2D eigenvalue weighted by Gasteiger charge is -2.34. The van der Waals surface area contributed by atoms with Crippen LogP contribution in [0.5, 0.6) is 0 Å². The van der Waals surface area contributed by atoms with Crippen molar-refractivity contribution in [2.24, 2.45) is 0 Å². The molecule has 0 aliphatic carbocycles. The molecule has 96 valence electrons. The first-order valence-electron chi connectivity index (χ1n) is 4.49. The minimum Gasteiger partial charge on any atom is -0.399 e. The van der Waals surface area contributed by atoms with Gasteiger partial charge in [0.05, 0.1) is 0 Å². The maximum absolute atomic E-state index is 12.6. The van der Waals surface area contributed by atoms with Crippen molar-refractivity contribution in [1.29, 1.82) is 0 Å². The van der Waals surface area contributed by atoms with Crippen molar-refractivity contribution >= 4 is 5.69 Å². The second-order valence-corrected chi connectivity index (χ2v) is 3.74. The van der Waals surface area contributed by atoms with E-state index in [9.17, 15) is 26.3 Å². The maximum atomic E-state index is 12.6. The van der Waals surface area contributed by atoms with E-state index in [0.717, 1.165) is 24.3 Å². The van der Waals surface area contributed by atoms with Gasteiger partial charge >= 0.3 is 12.4 Å². The second-order valence-electron chi connectivity index (χ2n) is 3.74. The molecule has 2 N–H and O–H groups in total. The Hall–Kier alpha value is -1.40. The van der Waals surface area contributed by atoms with Gasteiger partial charge in [-0.15, -0.1) is 0 Å². The number of nitrogen functional groups attached to an aromatic ring is 1. The molecule has 1 rings (SSSR count). The molecule has 0 aliphatic heterocycles. The summed E-state index contributed by atoms with van der Waals surface area (Å²) < 4.78 is 75.8. The Labute approximate surface area is 93.2 Å². The van der Waals surface area contributed by atoms with Gasteiger partial charge in [-0.3, -0.25) is 0 Å². The van der Waals surface area contributed by atoms with Crippen molar-refractivity contribution in [3.63, 3.8) is 0 Å². The summed E-state index contributed by atoms with van der Waals surface area (Å²) in [5.74, 6) is 0. The van der Waals surface area contributed by atoms with Gasteiger partial charge in [0.15, 0.2) is 5.41 Å². The van der Waals surface area contributed by atoms with Crippen LogP contribution in [0.4, 0.5) is 32.0 Å². The van der Waals surface area contributed by atoms with Gasteiger partial charge in [-0.25, -0.2) is 0 Å². The summed E-state index contributed by atoms with van der Waals surface area (Å²) in [7, 11) is 0. The summed E-state index contributed by atoms with van der Waals surface area (Å²) in [5.41, 5.74) is 0.545. The smallest absolute Gasteiger partial charge is 0.399 e. The number of hydrogen-bond donors (Lipinski definition) is 1. The van der Waals surface area contributed by atoms with Crippen molar-refractivity contribution in [2.75, 3.05) is 5.73 Å². The molecular weight excluding hydrogens is 248 g/mol. The molecule has 0 amide bonds. The number of halogens is 6. The summed E-state index contributed by atoms with van der Waals surface area (Å²) in [6, 6.07) is 3.47. The Kier molecular flexibility index (Phi) is 3.07. The third-order valence-corrected chi connectivity index (χ3v) is 2.62. The van der Waals surface area contributed by atoms with E-state index in [1.165, 1.54) is 0 Å². The number of benzene rings is 1. The van der Waals surface area contributed by atoms with Gasteiger partial charge < -0.3 is 5.73 Å². The minimum atomic E-state index is -5.43. The van der Waals surface area contributed by atoms with Crippen LogP contribution in [-0.2, 0) is 5.41 Å². The first-order chi connectivity index (χ1) is 7.50. The van der Waals surface area contributed by atoms with E-state index in [-0.39, 0.29) is 12.6 Å². The average molecular weight is 257 g/mol. The molecule has 0 heterocycles. The van der Waals surface area contributed by atoms with Crippen LogP contribution in [0.1, 0.15) is 12.5 Å². The van der Waals surface area contributed by atoms with Crippen molar-refractivity contribution in [2.45, 2.75) is 24.7 Å². The fourth-order valence-corrected chi connectivity index (χ4v) is 1.30. The van der Waals surface area contributed by atoms with Gasteiger partial charge in [0.25, 0.3) is 0 Å². The fraction of sp³-hybridized carbons (Fsp3) is 0.400. The molecule has 17 heavy (non-hydrogen) atoms. The van der Waals surface area contributed by atoms with E-state index in [4.69, 9.17) is 5.73 Å². The Morgan fingerprint density at radius 2 is 1.18 bits per heavy atom. The van der Waals surface area contributed by atoms with Gasteiger partial charge in [0, 0.05) is 5.69 Å². The summed E-state index contributed by atoms with van der Waals surface area (Å²) in [4.78, 5) is 0. The Balaban J connectivity index is 3.41. The quantitative estimate of drug-likeness (QED) is 0.603. The summed E-state index contributed by atoms with van der Waals surface area (Å²) in [6.07, 6.45) is -10.9. The highest BCUT2D eigenvalue weighted by atomic mass is 19.4. The molecule has 0 saturated carbocycles. The Morgan fingerprint density at radius 3 is 1.47 bits per heavy atom. The van der Waals surface area contributed by atoms with Gasteiger partial charge in [-0.05, 0) is 24.6 Å². The van der Waals surface area contributed by atoms with E-state index >= 15 is 0 Å². The molecule has 7 heteroatoms. The molecule has 0 fully saturated rings. The van der Waals surface area contributed by atoms with Crippen LogP contribution >= 0.6 is 0 Å². The molecule has 0 spiro atoms. The van der Waals surface area contributed by atoms with Crippen LogP contribution in [0.2, 0.25) is 0 Å². The molecule has 1 aromatic carbocycles. The topological polar surface area (TPSA) is 26.0 Å². The van der Waals surface area contributed by atoms with Gasteiger partial charge in [-0.2, -0.15) is 26.3 Å². The predicted molar refractivity (Wildman–Crippen MR) is 50.3 cm³/mol. The van der Waals surface area contributed by atoms with Crippen LogP contribution in [0.3, 0.4) is 0 Å². The zero-order valence-electron chi connectivity index (χ0n) is 8.65. The highest BCUT2D eigenvalue weighted by molar-refractivity contribution is 5.42. The minimum absolute atomic E-state index is 0.0976. The third-order valence-electron chi connectivity index (χ3n) is 2.62. The fourth-order valence-electron chi connectivity index (χ4n) is 1.30. The first kappa shape index (κ1) is 13.7. The summed E-state index contributed by atoms with van der Waals surface area (Å²) in [5, 5.41) is 0. The number of alkyl halides is 6. The molecule has 1 aromatic rings. The van der Waals surface area contributed by atoms with Gasteiger partial charge in [-0.1, -0.05) is 12.1 Å². The lowest BCUT2D eigenvalue weighted by Crippen LogP contribution is -2.51. The number of rotatable bonds is 1. The summed E-state index contributed by atoms with van der Waals surface area (Å²) >= 11 is 0. The predicted octanol–water partition coefficient (Wildman–Crippen LogP) is 3.65. The number of nitrogens with two attached hydrogens (primary N) is 1. The SMILES string of the molecule is CC(c1ccc(N)cc1)(C(F)(F)F)C(F)(F)F. The molecule has 0 saturated heterocycles. The molecule has 0 aromatic heterocycles. The normalized spacial score (nSPS) is 13.8. The molecule has 1 nitrogen and oxygen atoms in total. The summed E-state index contributed by atoms with van der Waals surface area (Å²) in [6.45, 7) is 0.110. The number of hydrogen-bond acceptors (Lipinski definition) is 1. The number of anilines is 1. The van der Waals surface area contributed by atoms with Crippen LogP contribution in [0, 0.1) is 0 Å². The molecular formula is C10H9F6N. The molecule has 0 aliphatic rings. The highest BCUT2D eigenvalue weighted by Crippen LogP contribution is 2.51. The first-order valence-corrected chi connectivity index (χ1v) is 4.49. The van der Waals surface area contributed by atoms with Crippen molar-refractivity contribution in [3.8, 4) is 0 Å². The highest BCUT2D eigenvalue weighted by Gasteiger charge is 2.68. The third kappa shape index (κ3) is 2.18. The van der Waals surface area contributed by atoms with E-state index in [2.05, 4.69) is 0 Å². The molecule has 0 radical (unpaired) electrons. The monoisotopic (exact) mass is 257 g/mol. The lowest BCUT2D eigenvalue weighted by molar-refractivity contribution is -0.297. The van der Waals surface area contributed by atoms with Gasteiger partial charge in [0.1, 0.15) is 0 Å². The van der Waals surface area contributed by atoms with Crippen molar-refractivity contribution in [3.05, 3.63) is 29.8 Å². The largest absolute Gasteiger partial charge is 0.406 e. The van der Waals surface area contributed by atoms with Crippen molar-refractivity contribution in [1.82, 2.24) is 0 Å². The zero-order valence-corrected chi connectivity index (χ0v) is 8.65. The van der Waals surface area contributed by atoms with Crippen LogP contribution in [-0.4, -0.2) is 12.4 Å². The zero-order chi connectivity index (χ0) is 13.5.